The summed E-state index contributed by atoms with van der Waals surface area (Å²) in [6.45, 7) is 0. The van der Waals surface area contributed by atoms with E-state index in [1.165, 1.54) is 19.2 Å². The molecule has 0 fully saturated rings. The number of methoxy groups -OCH3 is 1. The Hall–Kier alpha value is -1.11. The number of hydrogen-bond acceptors (Lipinski definition) is 3. The Kier molecular flexibility index (Phi) is 2.89. The van der Waals surface area contributed by atoms with Crippen LogP contribution in [0.5, 0.6) is 5.75 Å². The Morgan fingerprint density at radius 1 is 1.35 bits per heavy atom. The molecule has 0 spiro atoms. The number of ether oxygens (including phenoxy) is 1. The van der Waals surface area contributed by atoms with Crippen molar-refractivity contribution >= 4 is 15.9 Å². The molecule has 0 unspecified atom stereocenters. The molecule has 0 atom stereocenters. The first-order valence-corrected chi connectivity index (χ1v) is 5.81. The van der Waals surface area contributed by atoms with Gasteiger partial charge in [-0.1, -0.05) is 28.1 Å². The van der Waals surface area contributed by atoms with Crippen molar-refractivity contribution in [2.45, 2.75) is 17.2 Å². The van der Waals surface area contributed by atoms with Crippen molar-refractivity contribution in [3.63, 3.8) is 0 Å². The van der Waals surface area contributed by atoms with E-state index in [-0.39, 0.29) is 5.56 Å². The van der Waals surface area contributed by atoms with E-state index in [0.29, 0.717) is 11.1 Å². The number of halogens is 4. The third-order valence-electron chi connectivity index (χ3n) is 2.53. The van der Waals surface area contributed by atoms with Gasteiger partial charge in [-0.15, -0.1) is 10.2 Å². The van der Waals surface area contributed by atoms with Gasteiger partial charge in [-0.3, -0.25) is 0 Å². The summed E-state index contributed by atoms with van der Waals surface area (Å²) >= 11 is 3.23. The Balaban J connectivity index is 2.42. The Bertz CT molecular complexity index is 467. The number of hydrogen-bond donors (Lipinski definition) is 0. The molecule has 0 saturated heterocycles. The fraction of sp³-hybridized carbons (Fsp3) is 0.400. The van der Waals surface area contributed by atoms with Crippen molar-refractivity contribution < 1.29 is 17.9 Å². The summed E-state index contributed by atoms with van der Waals surface area (Å²) in [4.78, 5) is 0. The molecule has 1 aliphatic rings. The van der Waals surface area contributed by atoms with Gasteiger partial charge in [0.25, 0.3) is 0 Å². The second kappa shape index (κ2) is 3.97. The summed E-state index contributed by atoms with van der Waals surface area (Å²) in [7, 11) is 1.41. The van der Waals surface area contributed by atoms with Crippen LogP contribution in [0.1, 0.15) is 11.1 Å². The fourth-order valence-electron chi connectivity index (χ4n) is 1.51. The minimum atomic E-state index is -4.51. The maximum atomic E-state index is 12.8. The van der Waals surface area contributed by atoms with Crippen molar-refractivity contribution in [2.24, 2.45) is 10.2 Å². The van der Waals surface area contributed by atoms with Crippen LogP contribution in [0, 0.1) is 0 Å². The monoisotopic (exact) mass is 308 g/mol. The second-order valence-corrected chi connectivity index (χ2v) is 4.09. The molecule has 1 aromatic carbocycles. The molecule has 0 aliphatic carbocycles. The van der Waals surface area contributed by atoms with Gasteiger partial charge in [0.15, 0.2) is 0 Å². The third kappa shape index (κ3) is 1.92. The van der Waals surface area contributed by atoms with Crippen LogP contribution >= 0.6 is 15.9 Å². The van der Waals surface area contributed by atoms with Crippen molar-refractivity contribution in [3.8, 4) is 5.75 Å². The van der Waals surface area contributed by atoms with Gasteiger partial charge in [-0.25, -0.2) is 0 Å². The smallest absolute Gasteiger partial charge is 0.442 e. The van der Waals surface area contributed by atoms with Crippen LogP contribution in [-0.4, -0.2) is 13.3 Å². The molecule has 0 saturated carbocycles. The molecule has 1 aromatic rings. The molecule has 17 heavy (non-hydrogen) atoms. The van der Waals surface area contributed by atoms with E-state index in [2.05, 4.69) is 26.2 Å². The number of rotatable bonds is 3. The van der Waals surface area contributed by atoms with E-state index < -0.39 is 11.8 Å². The standard InChI is InChI=1S/C10H8BrF3N2O/c1-17-8-4-7(3-2-6(8)5-11)9(15-16-9)10(12,13)14/h2-4H,5H2,1H3. The Morgan fingerprint density at radius 2 is 2.00 bits per heavy atom. The topological polar surface area (TPSA) is 34.0 Å². The van der Waals surface area contributed by atoms with E-state index in [1.54, 1.807) is 6.07 Å². The van der Waals surface area contributed by atoms with E-state index >= 15 is 0 Å². The van der Waals surface area contributed by atoms with Gasteiger partial charge in [-0.2, -0.15) is 13.2 Å². The molecule has 1 heterocycles. The molecule has 1 aliphatic heterocycles. The number of nitrogens with zero attached hydrogens (tertiary/aromatic N) is 2. The van der Waals surface area contributed by atoms with E-state index in [4.69, 9.17) is 4.74 Å². The van der Waals surface area contributed by atoms with E-state index in [0.717, 1.165) is 5.56 Å². The van der Waals surface area contributed by atoms with E-state index in [1.807, 2.05) is 0 Å². The molecule has 7 heteroatoms. The predicted molar refractivity (Wildman–Crippen MR) is 58.2 cm³/mol. The largest absolute Gasteiger partial charge is 0.496 e. The van der Waals surface area contributed by atoms with Crippen LogP contribution < -0.4 is 4.74 Å². The van der Waals surface area contributed by atoms with Gasteiger partial charge in [0, 0.05) is 16.5 Å². The lowest BCUT2D eigenvalue weighted by Crippen LogP contribution is -2.30. The van der Waals surface area contributed by atoms with Gasteiger partial charge in [-0.05, 0) is 6.07 Å². The summed E-state index contributed by atoms with van der Waals surface area (Å²) in [6.07, 6.45) is -4.51. The van der Waals surface area contributed by atoms with Crippen LogP contribution in [0.4, 0.5) is 13.2 Å². The SMILES string of the molecule is COc1cc(C2(C(F)(F)F)N=N2)ccc1CBr. The highest BCUT2D eigenvalue weighted by Gasteiger charge is 2.65. The van der Waals surface area contributed by atoms with Crippen molar-refractivity contribution in [1.82, 2.24) is 0 Å². The van der Waals surface area contributed by atoms with Gasteiger partial charge >= 0.3 is 11.8 Å². The normalized spacial score (nSPS) is 17.0. The minimum Gasteiger partial charge on any atom is -0.496 e. The number of benzene rings is 1. The maximum absolute atomic E-state index is 12.8. The lowest BCUT2D eigenvalue weighted by molar-refractivity contribution is -0.166. The van der Waals surface area contributed by atoms with Crippen LogP contribution in [0.15, 0.2) is 28.4 Å². The van der Waals surface area contributed by atoms with Crippen molar-refractivity contribution in [3.05, 3.63) is 29.3 Å². The highest BCUT2D eigenvalue weighted by atomic mass is 79.9. The van der Waals surface area contributed by atoms with Gasteiger partial charge in [0.2, 0.25) is 0 Å². The molecule has 0 radical (unpaired) electrons. The third-order valence-corrected chi connectivity index (χ3v) is 3.13. The molecule has 3 nitrogen and oxygen atoms in total. The van der Waals surface area contributed by atoms with Gasteiger partial charge in [0.05, 0.1) is 7.11 Å². The summed E-state index contributed by atoms with van der Waals surface area (Å²) in [5.41, 5.74) is -1.63. The molecule has 0 bridgehead atoms. The fourth-order valence-corrected chi connectivity index (χ4v) is 1.98. The quantitative estimate of drug-likeness (QED) is 0.783. The second-order valence-electron chi connectivity index (χ2n) is 3.53. The molecule has 0 amide bonds. The molecule has 0 aromatic heterocycles. The highest BCUT2D eigenvalue weighted by Crippen LogP contribution is 2.52. The zero-order valence-electron chi connectivity index (χ0n) is 8.75. The highest BCUT2D eigenvalue weighted by molar-refractivity contribution is 9.08. The first-order chi connectivity index (χ1) is 7.94. The molecule has 92 valence electrons. The lowest BCUT2D eigenvalue weighted by Gasteiger charge is -2.16. The molecule has 2 rings (SSSR count). The van der Waals surface area contributed by atoms with Crippen LogP contribution in [0.3, 0.4) is 0 Å². The molecule has 0 N–H and O–H groups in total. The summed E-state index contributed by atoms with van der Waals surface area (Å²) < 4.78 is 43.3. The minimum absolute atomic E-state index is 0.0217. The van der Waals surface area contributed by atoms with Gasteiger partial charge in [0.1, 0.15) is 5.75 Å². The summed E-state index contributed by atoms with van der Waals surface area (Å²) in [5.74, 6) is 0.389. The van der Waals surface area contributed by atoms with E-state index in [9.17, 15) is 13.2 Å². The Morgan fingerprint density at radius 3 is 2.41 bits per heavy atom. The lowest BCUT2D eigenvalue weighted by atomic mass is 10.0. The zero-order valence-corrected chi connectivity index (χ0v) is 10.3. The molecular weight excluding hydrogens is 301 g/mol. The summed E-state index contributed by atoms with van der Waals surface area (Å²) in [5, 5.41) is 6.78. The molecular formula is C10H8BrF3N2O. The van der Waals surface area contributed by atoms with Crippen LogP contribution in [0.25, 0.3) is 0 Å². The summed E-state index contributed by atoms with van der Waals surface area (Å²) in [6, 6.07) is 4.26. The first kappa shape index (κ1) is 12.3. The number of alkyl halides is 4. The van der Waals surface area contributed by atoms with Crippen LogP contribution in [-0.2, 0) is 11.0 Å². The van der Waals surface area contributed by atoms with Crippen molar-refractivity contribution in [1.29, 1.82) is 0 Å². The van der Waals surface area contributed by atoms with Gasteiger partial charge < -0.3 is 4.74 Å². The Labute approximate surface area is 104 Å². The average molecular weight is 309 g/mol. The first-order valence-electron chi connectivity index (χ1n) is 4.69. The van der Waals surface area contributed by atoms with Crippen molar-refractivity contribution in [2.75, 3.05) is 7.11 Å². The zero-order chi connectivity index (χ0) is 12.7. The maximum Gasteiger partial charge on any atom is 0.442 e. The van der Waals surface area contributed by atoms with Crippen LogP contribution in [0.2, 0.25) is 0 Å². The predicted octanol–water partition coefficient (Wildman–Crippen LogP) is 3.77. The average Bonchev–Trinajstić information content (AvgIpc) is 3.08.